The first-order chi connectivity index (χ1) is 11.2. The number of hydrogen-bond donors (Lipinski definition) is 1. The number of nitrogens with zero attached hydrogens (tertiary/aromatic N) is 1. The van der Waals surface area contributed by atoms with Crippen LogP contribution in [0.5, 0.6) is 5.75 Å². The molecule has 0 aliphatic carbocycles. The topological polar surface area (TPSA) is 50.8 Å². The maximum Gasteiger partial charge on any atom is 0.257 e. The number of anilines is 1. The molecule has 2 aromatic rings. The molecule has 120 valence electrons. The van der Waals surface area contributed by atoms with Gasteiger partial charge in [0.2, 0.25) is 0 Å². The highest BCUT2D eigenvalue weighted by molar-refractivity contribution is 6.01. The Bertz CT molecular complexity index is 685. The van der Waals surface area contributed by atoms with E-state index in [1.807, 2.05) is 48.5 Å². The van der Waals surface area contributed by atoms with Gasteiger partial charge in [0.1, 0.15) is 11.9 Å². The Labute approximate surface area is 135 Å². The van der Waals surface area contributed by atoms with Crippen LogP contribution in [0.15, 0.2) is 48.5 Å². The maximum atomic E-state index is 12.8. The van der Waals surface area contributed by atoms with E-state index in [4.69, 9.17) is 9.47 Å². The molecule has 0 bridgehead atoms. The van der Waals surface area contributed by atoms with Gasteiger partial charge in [-0.2, -0.15) is 0 Å². The number of ether oxygens (including phenoxy) is 2. The number of methoxy groups -OCH3 is 2. The third-order valence-corrected chi connectivity index (χ3v) is 3.99. The van der Waals surface area contributed by atoms with Crippen LogP contribution in [-0.2, 0) is 4.74 Å². The molecule has 0 spiro atoms. The van der Waals surface area contributed by atoms with Crippen molar-refractivity contribution in [1.29, 1.82) is 0 Å². The van der Waals surface area contributed by atoms with Gasteiger partial charge in [0.05, 0.1) is 19.3 Å². The molecule has 1 aliphatic rings. The molecule has 0 saturated carbocycles. The normalized spacial score (nSPS) is 16.7. The zero-order chi connectivity index (χ0) is 16.2. The molecule has 3 rings (SSSR count). The Morgan fingerprint density at radius 2 is 1.83 bits per heavy atom. The quantitative estimate of drug-likeness (QED) is 0.922. The summed E-state index contributed by atoms with van der Waals surface area (Å²) < 4.78 is 10.4. The minimum Gasteiger partial charge on any atom is -0.497 e. The van der Waals surface area contributed by atoms with Gasteiger partial charge in [-0.15, -0.1) is 0 Å². The summed E-state index contributed by atoms with van der Waals surface area (Å²) in [6.07, 6.45) is -0.224. The fraction of sp³-hybridized carbons (Fsp3) is 0.278. The summed E-state index contributed by atoms with van der Waals surface area (Å²) in [5, 5.41) is 3.45. The van der Waals surface area contributed by atoms with E-state index in [2.05, 4.69) is 5.32 Å². The standard InChI is InChI=1S/C18H20N2O3/c1-22-12-11-20-17(13-7-9-14(23-2)10-8-13)19-16-6-4-3-5-15(16)18(20)21/h3-10,17,19H,11-12H2,1-2H3/t17-/m1/s1. The minimum atomic E-state index is -0.224. The highest BCUT2D eigenvalue weighted by Gasteiger charge is 2.32. The summed E-state index contributed by atoms with van der Waals surface area (Å²) in [4.78, 5) is 14.6. The molecule has 0 saturated heterocycles. The first kappa shape index (κ1) is 15.4. The number of rotatable bonds is 5. The fourth-order valence-corrected chi connectivity index (χ4v) is 2.76. The summed E-state index contributed by atoms with van der Waals surface area (Å²) in [7, 11) is 3.27. The van der Waals surface area contributed by atoms with E-state index >= 15 is 0 Å². The zero-order valence-corrected chi connectivity index (χ0v) is 13.3. The number of hydrogen-bond acceptors (Lipinski definition) is 4. The SMILES string of the molecule is COCCN1C(=O)c2ccccc2N[C@H]1c1ccc(OC)cc1. The van der Waals surface area contributed by atoms with Crippen LogP contribution < -0.4 is 10.1 Å². The Balaban J connectivity index is 1.96. The van der Waals surface area contributed by atoms with E-state index in [0.717, 1.165) is 17.0 Å². The number of para-hydroxylation sites is 1. The van der Waals surface area contributed by atoms with E-state index in [0.29, 0.717) is 18.7 Å². The molecular weight excluding hydrogens is 292 g/mol. The van der Waals surface area contributed by atoms with E-state index in [9.17, 15) is 4.79 Å². The lowest BCUT2D eigenvalue weighted by Gasteiger charge is -2.38. The summed E-state index contributed by atoms with van der Waals surface area (Å²) in [6, 6.07) is 15.3. The second-order valence-corrected chi connectivity index (χ2v) is 5.36. The highest BCUT2D eigenvalue weighted by Crippen LogP contribution is 2.33. The summed E-state index contributed by atoms with van der Waals surface area (Å²) in [5.74, 6) is 0.803. The smallest absolute Gasteiger partial charge is 0.257 e. The molecule has 5 nitrogen and oxygen atoms in total. The van der Waals surface area contributed by atoms with Crippen molar-refractivity contribution in [2.75, 3.05) is 32.7 Å². The number of amides is 1. The fourth-order valence-electron chi connectivity index (χ4n) is 2.76. The molecule has 23 heavy (non-hydrogen) atoms. The number of fused-ring (bicyclic) bond motifs is 1. The van der Waals surface area contributed by atoms with Crippen LogP contribution in [0.4, 0.5) is 5.69 Å². The van der Waals surface area contributed by atoms with Crippen molar-refractivity contribution in [3.8, 4) is 5.75 Å². The van der Waals surface area contributed by atoms with Gasteiger partial charge in [-0.1, -0.05) is 24.3 Å². The van der Waals surface area contributed by atoms with Crippen LogP contribution in [0.1, 0.15) is 22.1 Å². The largest absolute Gasteiger partial charge is 0.497 e. The predicted octanol–water partition coefficient (Wildman–Crippen LogP) is 2.91. The van der Waals surface area contributed by atoms with Gasteiger partial charge in [0.25, 0.3) is 5.91 Å². The molecule has 0 aromatic heterocycles. The first-order valence-corrected chi connectivity index (χ1v) is 7.54. The van der Waals surface area contributed by atoms with E-state index in [1.165, 1.54) is 0 Å². The number of carbonyl (C=O) groups is 1. The lowest BCUT2D eigenvalue weighted by Crippen LogP contribution is -2.44. The Kier molecular flexibility index (Phi) is 4.48. The van der Waals surface area contributed by atoms with Crippen molar-refractivity contribution >= 4 is 11.6 Å². The van der Waals surface area contributed by atoms with Crippen molar-refractivity contribution in [2.24, 2.45) is 0 Å². The molecule has 0 fully saturated rings. The molecule has 0 unspecified atom stereocenters. The summed E-state index contributed by atoms with van der Waals surface area (Å²) in [5.41, 5.74) is 2.55. The van der Waals surface area contributed by atoms with Gasteiger partial charge in [0, 0.05) is 19.3 Å². The maximum absolute atomic E-state index is 12.8. The first-order valence-electron chi connectivity index (χ1n) is 7.54. The Morgan fingerprint density at radius 3 is 2.52 bits per heavy atom. The summed E-state index contributed by atoms with van der Waals surface area (Å²) in [6.45, 7) is 1.01. The van der Waals surface area contributed by atoms with Gasteiger partial charge in [0.15, 0.2) is 0 Å². The molecule has 0 radical (unpaired) electrons. The molecule has 2 aromatic carbocycles. The van der Waals surface area contributed by atoms with Crippen LogP contribution in [0, 0.1) is 0 Å². The van der Waals surface area contributed by atoms with Gasteiger partial charge < -0.3 is 19.7 Å². The van der Waals surface area contributed by atoms with Gasteiger partial charge >= 0.3 is 0 Å². The van der Waals surface area contributed by atoms with Crippen molar-refractivity contribution < 1.29 is 14.3 Å². The van der Waals surface area contributed by atoms with Gasteiger partial charge in [-0.3, -0.25) is 4.79 Å². The molecule has 1 N–H and O–H groups in total. The van der Waals surface area contributed by atoms with E-state index in [1.54, 1.807) is 19.1 Å². The predicted molar refractivity (Wildman–Crippen MR) is 88.7 cm³/mol. The van der Waals surface area contributed by atoms with Crippen molar-refractivity contribution in [3.05, 3.63) is 59.7 Å². The second kappa shape index (κ2) is 6.71. The van der Waals surface area contributed by atoms with E-state index in [-0.39, 0.29) is 12.1 Å². The zero-order valence-electron chi connectivity index (χ0n) is 13.3. The average Bonchev–Trinajstić information content (AvgIpc) is 2.61. The Hall–Kier alpha value is -2.53. The molecule has 1 amide bonds. The van der Waals surface area contributed by atoms with Gasteiger partial charge in [-0.25, -0.2) is 0 Å². The molecule has 1 aliphatic heterocycles. The number of nitrogens with one attached hydrogen (secondary N) is 1. The second-order valence-electron chi connectivity index (χ2n) is 5.36. The van der Waals surface area contributed by atoms with Crippen molar-refractivity contribution in [2.45, 2.75) is 6.17 Å². The minimum absolute atomic E-state index is 0.0113. The Morgan fingerprint density at radius 1 is 1.09 bits per heavy atom. The van der Waals surface area contributed by atoms with Crippen LogP contribution in [0.25, 0.3) is 0 Å². The molecule has 1 atom stereocenters. The monoisotopic (exact) mass is 312 g/mol. The van der Waals surface area contributed by atoms with Gasteiger partial charge in [-0.05, 0) is 29.8 Å². The van der Waals surface area contributed by atoms with Crippen LogP contribution >= 0.6 is 0 Å². The lowest BCUT2D eigenvalue weighted by molar-refractivity contribution is 0.0609. The average molecular weight is 312 g/mol. The summed E-state index contributed by atoms with van der Waals surface area (Å²) >= 11 is 0. The van der Waals surface area contributed by atoms with Crippen LogP contribution in [0.2, 0.25) is 0 Å². The number of benzene rings is 2. The van der Waals surface area contributed by atoms with Crippen LogP contribution in [-0.4, -0.2) is 38.2 Å². The number of carbonyl (C=O) groups excluding carboxylic acids is 1. The van der Waals surface area contributed by atoms with E-state index < -0.39 is 0 Å². The van der Waals surface area contributed by atoms with Crippen molar-refractivity contribution in [1.82, 2.24) is 4.90 Å². The molecular formula is C18H20N2O3. The molecule has 1 heterocycles. The van der Waals surface area contributed by atoms with Crippen LogP contribution in [0.3, 0.4) is 0 Å². The lowest BCUT2D eigenvalue weighted by atomic mass is 10.0. The molecule has 5 heteroatoms. The third kappa shape index (κ3) is 3.00. The highest BCUT2D eigenvalue weighted by atomic mass is 16.5. The van der Waals surface area contributed by atoms with Crippen molar-refractivity contribution in [3.63, 3.8) is 0 Å². The third-order valence-electron chi connectivity index (χ3n) is 3.99.